The first-order valence-electron chi connectivity index (χ1n) is 8.64. The van der Waals surface area contributed by atoms with Gasteiger partial charge in [0.15, 0.2) is 0 Å². The minimum absolute atomic E-state index is 0.145. The van der Waals surface area contributed by atoms with Gasteiger partial charge in [-0.15, -0.1) is 11.3 Å². The van der Waals surface area contributed by atoms with Crippen LogP contribution in [0.25, 0.3) is 10.2 Å². The highest BCUT2D eigenvalue weighted by Gasteiger charge is 2.36. The number of aryl methyl sites for hydroxylation is 2. The molecule has 0 bridgehead atoms. The van der Waals surface area contributed by atoms with Gasteiger partial charge in [-0.3, -0.25) is 9.36 Å². The summed E-state index contributed by atoms with van der Waals surface area (Å²) >= 11 is 1.60. The van der Waals surface area contributed by atoms with Crippen LogP contribution >= 0.6 is 11.3 Å². The number of carbonyl (C=O) groups is 1. The van der Waals surface area contributed by atoms with Crippen molar-refractivity contribution in [2.45, 2.75) is 52.0 Å². The number of hydrogen-bond acceptors (Lipinski definition) is 6. The molecule has 0 atom stereocenters. The van der Waals surface area contributed by atoms with E-state index in [9.17, 15) is 9.59 Å². The molecule has 0 aromatic carbocycles. The minimum atomic E-state index is -1.12. The largest absolute Gasteiger partial charge is 0.464 e. The lowest BCUT2D eigenvalue weighted by Gasteiger charge is -2.27. The number of fused-ring (bicyclic) bond motifs is 3. The van der Waals surface area contributed by atoms with Gasteiger partial charge >= 0.3 is 5.97 Å². The third-order valence-electron chi connectivity index (χ3n) is 4.67. The highest BCUT2D eigenvalue weighted by atomic mass is 32.1. The maximum Gasteiger partial charge on any atom is 0.331 e. The molecule has 0 spiro atoms. The number of ether oxygens (including phenoxy) is 2. The SMILES string of the molecule is CCOC(=O)C(C)(C)n1c(CCOC)nc2sc3c(c2c1=O)CCC3. The van der Waals surface area contributed by atoms with Crippen molar-refractivity contribution in [1.29, 1.82) is 0 Å². The monoisotopic (exact) mass is 364 g/mol. The molecule has 1 aliphatic carbocycles. The van der Waals surface area contributed by atoms with Gasteiger partial charge in [-0.05, 0) is 45.6 Å². The Bertz CT molecular complexity index is 866. The summed E-state index contributed by atoms with van der Waals surface area (Å²) in [4.78, 5) is 32.7. The van der Waals surface area contributed by atoms with Crippen LogP contribution in [0.5, 0.6) is 0 Å². The summed E-state index contributed by atoms with van der Waals surface area (Å²) in [5.74, 6) is 0.140. The van der Waals surface area contributed by atoms with Gasteiger partial charge in [-0.1, -0.05) is 0 Å². The third-order valence-corrected chi connectivity index (χ3v) is 5.86. The summed E-state index contributed by atoms with van der Waals surface area (Å²) in [7, 11) is 1.61. The zero-order valence-corrected chi connectivity index (χ0v) is 16.0. The molecule has 0 saturated carbocycles. The smallest absolute Gasteiger partial charge is 0.331 e. The molecule has 25 heavy (non-hydrogen) atoms. The number of nitrogens with zero attached hydrogens (tertiary/aromatic N) is 2. The van der Waals surface area contributed by atoms with Crippen LogP contribution < -0.4 is 5.56 Å². The van der Waals surface area contributed by atoms with E-state index in [1.165, 1.54) is 9.44 Å². The molecular weight excluding hydrogens is 340 g/mol. The lowest BCUT2D eigenvalue weighted by atomic mass is 10.0. The lowest BCUT2D eigenvalue weighted by Crippen LogP contribution is -2.46. The molecule has 6 nitrogen and oxygen atoms in total. The van der Waals surface area contributed by atoms with E-state index in [1.54, 1.807) is 39.2 Å². The molecular formula is C18H24N2O4S. The van der Waals surface area contributed by atoms with Crippen molar-refractivity contribution < 1.29 is 14.3 Å². The molecule has 0 unspecified atom stereocenters. The summed E-state index contributed by atoms with van der Waals surface area (Å²) in [6, 6.07) is 0. The van der Waals surface area contributed by atoms with Gasteiger partial charge in [-0.25, -0.2) is 9.78 Å². The molecule has 2 aromatic rings. The quantitative estimate of drug-likeness (QED) is 0.736. The summed E-state index contributed by atoms with van der Waals surface area (Å²) in [5.41, 5.74) is -0.150. The van der Waals surface area contributed by atoms with Crippen molar-refractivity contribution in [2.75, 3.05) is 20.3 Å². The second-order valence-corrected chi connectivity index (χ2v) is 7.81. The normalized spacial score (nSPS) is 14.1. The molecule has 7 heteroatoms. The van der Waals surface area contributed by atoms with Gasteiger partial charge in [0.25, 0.3) is 5.56 Å². The molecule has 2 heterocycles. The number of thiophene rings is 1. The first kappa shape index (κ1) is 18.1. The van der Waals surface area contributed by atoms with E-state index < -0.39 is 11.5 Å². The van der Waals surface area contributed by atoms with Crippen LogP contribution in [0.4, 0.5) is 0 Å². The van der Waals surface area contributed by atoms with Crippen LogP contribution in [-0.4, -0.2) is 35.8 Å². The van der Waals surface area contributed by atoms with Gasteiger partial charge in [0.2, 0.25) is 0 Å². The van der Waals surface area contributed by atoms with Crippen LogP contribution in [0.3, 0.4) is 0 Å². The van der Waals surface area contributed by atoms with Crippen molar-refractivity contribution in [3.05, 3.63) is 26.6 Å². The highest BCUT2D eigenvalue weighted by molar-refractivity contribution is 7.18. The van der Waals surface area contributed by atoms with Crippen LogP contribution in [0, 0.1) is 0 Å². The van der Waals surface area contributed by atoms with Crippen molar-refractivity contribution in [3.63, 3.8) is 0 Å². The van der Waals surface area contributed by atoms with Crippen LogP contribution in [0.15, 0.2) is 4.79 Å². The summed E-state index contributed by atoms with van der Waals surface area (Å²) < 4.78 is 11.9. The standard InChI is InChI=1S/C18H24N2O4S/c1-5-24-17(22)18(2,3)20-13(9-10-23-4)19-15-14(16(20)21)11-7-6-8-12(11)25-15/h5-10H2,1-4H3. The van der Waals surface area contributed by atoms with Gasteiger partial charge in [-0.2, -0.15) is 0 Å². The maximum absolute atomic E-state index is 13.4. The Morgan fingerprint density at radius 3 is 2.80 bits per heavy atom. The van der Waals surface area contributed by atoms with E-state index in [4.69, 9.17) is 14.5 Å². The Kier molecular flexibility index (Phi) is 4.97. The molecule has 0 N–H and O–H groups in total. The Morgan fingerprint density at radius 2 is 2.12 bits per heavy atom. The van der Waals surface area contributed by atoms with Crippen molar-refractivity contribution in [1.82, 2.24) is 9.55 Å². The second kappa shape index (κ2) is 6.88. The van der Waals surface area contributed by atoms with E-state index in [2.05, 4.69) is 0 Å². The molecule has 0 radical (unpaired) electrons. The molecule has 1 aliphatic rings. The Morgan fingerprint density at radius 1 is 1.36 bits per heavy atom. The van der Waals surface area contributed by atoms with Crippen molar-refractivity contribution in [2.24, 2.45) is 0 Å². The van der Waals surface area contributed by atoms with Gasteiger partial charge < -0.3 is 9.47 Å². The number of hydrogen-bond donors (Lipinski definition) is 0. The van der Waals surface area contributed by atoms with Crippen molar-refractivity contribution in [3.8, 4) is 0 Å². The van der Waals surface area contributed by atoms with E-state index in [0.717, 1.165) is 29.7 Å². The zero-order chi connectivity index (χ0) is 18.2. The summed E-state index contributed by atoms with van der Waals surface area (Å²) in [6.07, 6.45) is 3.45. The average molecular weight is 364 g/mol. The maximum atomic E-state index is 13.4. The fraction of sp³-hybridized carbons (Fsp3) is 0.611. The molecule has 136 valence electrons. The first-order valence-corrected chi connectivity index (χ1v) is 9.46. The van der Waals surface area contributed by atoms with E-state index >= 15 is 0 Å². The number of methoxy groups -OCH3 is 1. The topological polar surface area (TPSA) is 70.4 Å². The van der Waals surface area contributed by atoms with E-state index in [0.29, 0.717) is 24.2 Å². The molecule has 0 saturated heterocycles. The number of carbonyl (C=O) groups excluding carboxylic acids is 1. The van der Waals surface area contributed by atoms with Gasteiger partial charge in [0, 0.05) is 18.4 Å². The zero-order valence-electron chi connectivity index (χ0n) is 15.2. The summed E-state index contributed by atoms with van der Waals surface area (Å²) in [6.45, 7) is 5.89. The predicted molar refractivity (Wildman–Crippen MR) is 97.4 cm³/mol. The molecule has 3 rings (SSSR count). The van der Waals surface area contributed by atoms with Crippen molar-refractivity contribution >= 4 is 27.5 Å². The first-order chi connectivity index (χ1) is 11.9. The van der Waals surface area contributed by atoms with Gasteiger partial charge in [0.05, 0.1) is 18.6 Å². The molecule has 2 aromatic heterocycles. The van der Waals surface area contributed by atoms with Crippen LogP contribution in [0.1, 0.15) is 43.5 Å². The molecule has 0 fully saturated rings. The molecule has 0 amide bonds. The molecule has 0 aliphatic heterocycles. The van der Waals surface area contributed by atoms with Crippen LogP contribution in [-0.2, 0) is 39.1 Å². The number of rotatable bonds is 6. The van der Waals surface area contributed by atoms with E-state index in [1.807, 2.05) is 0 Å². The van der Waals surface area contributed by atoms with Crippen LogP contribution in [0.2, 0.25) is 0 Å². The minimum Gasteiger partial charge on any atom is -0.464 e. The Labute approximate surface area is 150 Å². The van der Waals surface area contributed by atoms with E-state index in [-0.39, 0.29) is 12.2 Å². The fourth-order valence-corrected chi connectivity index (χ4v) is 4.69. The highest BCUT2D eigenvalue weighted by Crippen LogP contribution is 2.35. The Balaban J connectivity index is 2.25. The second-order valence-electron chi connectivity index (χ2n) is 6.73. The van der Waals surface area contributed by atoms with Gasteiger partial charge in [0.1, 0.15) is 16.2 Å². The number of aromatic nitrogens is 2. The number of esters is 1. The summed E-state index contributed by atoms with van der Waals surface area (Å²) in [5, 5.41) is 0.677. The third kappa shape index (κ3) is 3.00. The Hall–Kier alpha value is -1.73. The average Bonchev–Trinajstić information content (AvgIpc) is 3.13. The lowest BCUT2D eigenvalue weighted by molar-refractivity contribution is -0.152. The fourth-order valence-electron chi connectivity index (χ4n) is 3.42. The predicted octanol–water partition coefficient (Wildman–Crippen LogP) is 2.43.